The lowest BCUT2D eigenvalue weighted by Crippen LogP contribution is -2.21. The second-order valence-electron chi connectivity index (χ2n) is 4.35. The highest BCUT2D eigenvalue weighted by atomic mass is 32.2. The number of carboxylic acids is 1. The first-order valence-corrected chi connectivity index (χ1v) is 7.51. The number of rotatable bonds is 7. The number of aryl methyl sites for hydroxylation is 1. The fourth-order valence-electron chi connectivity index (χ4n) is 1.80. The Morgan fingerprint density at radius 3 is 2.89 bits per heavy atom. The Kier molecular flexibility index (Phi) is 6.42. The molecule has 0 bridgehead atoms. The summed E-state index contributed by atoms with van der Waals surface area (Å²) >= 11 is 1.84. The summed E-state index contributed by atoms with van der Waals surface area (Å²) < 4.78 is 0. The molecule has 0 unspecified atom stereocenters. The fourth-order valence-corrected chi connectivity index (χ4v) is 2.22. The molecular formula is C14H20N2O2S. The minimum Gasteiger partial charge on any atom is -0.478 e. The Morgan fingerprint density at radius 1 is 1.58 bits per heavy atom. The van der Waals surface area contributed by atoms with Crippen LogP contribution in [0.3, 0.4) is 0 Å². The highest BCUT2D eigenvalue weighted by molar-refractivity contribution is 7.98. The number of nitrogens with zero attached hydrogens (tertiary/aromatic N) is 2. The van der Waals surface area contributed by atoms with Crippen molar-refractivity contribution in [2.45, 2.75) is 13.3 Å². The lowest BCUT2D eigenvalue weighted by Gasteiger charge is -2.20. The Morgan fingerprint density at radius 2 is 2.32 bits per heavy atom. The summed E-state index contributed by atoms with van der Waals surface area (Å²) in [4.78, 5) is 17.0. The minimum absolute atomic E-state index is 0.807. The molecule has 0 radical (unpaired) electrons. The van der Waals surface area contributed by atoms with Crippen LogP contribution in [0.25, 0.3) is 6.08 Å². The van der Waals surface area contributed by atoms with E-state index in [-0.39, 0.29) is 0 Å². The highest BCUT2D eigenvalue weighted by Crippen LogP contribution is 2.17. The van der Waals surface area contributed by atoms with Gasteiger partial charge in [0, 0.05) is 25.9 Å². The van der Waals surface area contributed by atoms with Crippen molar-refractivity contribution in [3.8, 4) is 0 Å². The molecule has 1 N–H and O–H groups in total. The van der Waals surface area contributed by atoms with Crippen molar-refractivity contribution in [3.05, 3.63) is 29.5 Å². The monoisotopic (exact) mass is 280 g/mol. The van der Waals surface area contributed by atoms with E-state index in [1.54, 1.807) is 12.3 Å². The van der Waals surface area contributed by atoms with Crippen molar-refractivity contribution in [3.63, 3.8) is 0 Å². The lowest BCUT2D eigenvalue weighted by atomic mass is 10.2. The predicted octanol–water partition coefficient (Wildman–Crippen LogP) is 2.68. The summed E-state index contributed by atoms with van der Waals surface area (Å²) in [6.07, 6.45) is 7.61. The molecule has 5 heteroatoms. The van der Waals surface area contributed by atoms with Crippen molar-refractivity contribution in [2.24, 2.45) is 0 Å². The third-order valence-electron chi connectivity index (χ3n) is 2.69. The Hall–Kier alpha value is -1.49. The van der Waals surface area contributed by atoms with Gasteiger partial charge in [0.2, 0.25) is 0 Å². The van der Waals surface area contributed by atoms with E-state index >= 15 is 0 Å². The molecule has 1 aromatic rings. The van der Waals surface area contributed by atoms with Gasteiger partial charge in [-0.05, 0) is 48.6 Å². The van der Waals surface area contributed by atoms with Gasteiger partial charge in [-0.1, -0.05) is 0 Å². The number of aliphatic carboxylic acids is 1. The van der Waals surface area contributed by atoms with Crippen LogP contribution in [0.4, 0.5) is 5.82 Å². The molecule has 0 atom stereocenters. The van der Waals surface area contributed by atoms with Gasteiger partial charge in [0.25, 0.3) is 0 Å². The fraction of sp³-hybridized carbons (Fsp3) is 0.429. The van der Waals surface area contributed by atoms with Gasteiger partial charge in [-0.15, -0.1) is 0 Å². The molecule has 1 rings (SSSR count). The van der Waals surface area contributed by atoms with Crippen LogP contribution in [0.2, 0.25) is 0 Å². The van der Waals surface area contributed by atoms with Crippen LogP contribution in [-0.4, -0.2) is 41.7 Å². The van der Waals surface area contributed by atoms with E-state index in [1.807, 2.05) is 31.8 Å². The topological polar surface area (TPSA) is 53.4 Å². The number of pyridine rings is 1. The van der Waals surface area contributed by atoms with E-state index in [1.165, 1.54) is 0 Å². The van der Waals surface area contributed by atoms with E-state index in [0.29, 0.717) is 0 Å². The highest BCUT2D eigenvalue weighted by Gasteiger charge is 2.06. The first kappa shape index (κ1) is 15.6. The summed E-state index contributed by atoms with van der Waals surface area (Å²) in [7, 11) is 2.03. The average Bonchev–Trinajstić information content (AvgIpc) is 2.36. The molecule has 0 amide bonds. The molecule has 0 aliphatic rings. The van der Waals surface area contributed by atoms with Gasteiger partial charge in [-0.2, -0.15) is 11.8 Å². The number of aromatic nitrogens is 1. The molecule has 0 aromatic carbocycles. The Bertz CT molecular complexity index is 461. The summed E-state index contributed by atoms with van der Waals surface area (Å²) in [5.41, 5.74) is 1.86. The molecule has 1 heterocycles. The van der Waals surface area contributed by atoms with Crippen molar-refractivity contribution >= 4 is 29.6 Å². The third kappa shape index (κ3) is 5.34. The van der Waals surface area contributed by atoms with Crippen LogP contribution < -0.4 is 4.90 Å². The van der Waals surface area contributed by atoms with E-state index in [2.05, 4.69) is 16.1 Å². The van der Waals surface area contributed by atoms with E-state index in [4.69, 9.17) is 5.11 Å². The summed E-state index contributed by atoms with van der Waals surface area (Å²) in [6, 6.07) is 1.95. The maximum Gasteiger partial charge on any atom is 0.328 e. The van der Waals surface area contributed by atoms with Crippen molar-refractivity contribution in [2.75, 3.05) is 30.5 Å². The van der Waals surface area contributed by atoms with Crippen LogP contribution in [0.1, 0.15) is 17.5 Å². The van der Waals surface area contributed by atoms with E-state index < -0.39 is 5.97 Å². The van der Waals surface area contributed by atoms with Crippen molar-refractivity contribution in [1.82, 2.24) is 4.98 Å². The predicted molar refractivity (Wildman–Crippen MR) is 81.9 cm³/mol. The Balaban J connectivity index is 2.73. The largest absolute Gasteiger partial charge is 0.478 e. The smallest absolute Gasteiger partial charge is 0.328 e. The zero-order chi connectivity index (χ0) is 14.3. The van der Waals surface area contributed by atoms with E-state index in [9.17, 15) is 4.79 Å². The van der Waals surface area contributed by atoms with Crippen LogP contribution in [0.15, 0.2) is 18.3 Å². The van der Waals surface area contributed by atoms with Gasteiger partial charge >= 0.3 is 5.97 Å². The quantitative estimate of drug-likeness (QED) is 0.615. The molecule has 1 aromatic heterocycles. The van der Waals surface area contributed by atoms with Crippen LogP contribution >= 0.6 is 11.8 Å². The maximum atomic E-state index is 10.5. The first-order valence-electron chi connectivity index (χ1n) is 6.12. The summed E-state index contributed by atoms with van der Waals surface area (Å²) in [6.45, 7) is 2.96. The van der Waals surface area contributed by atoms with Gasteiger partial charge in [0.05, 0.1) is 0 Å². The second kappa shape index (κ2) is 7.84. The molecular weight excluding hydrogens is 260 g/mol. The van der Waals surface area contributed by atoms with Crippen LogP contribution in [-0.2, 0) is 4.79 Å². The number of anilines is 1. The summed E-state index contributed by atoms with van der Waals surface area (Å²) in [5, 5.41) is 8.59. The first-order chi connectivity index (χ1) is 9.04. The SMILES string of the molecule is CSCCCN(C)c1ncc(/C=C/C(=O)O)cc1C. The minimum atomic E-state index is -0.948. The van der Waals surface area contributed by atoms with Gasteiger partial charge < -0.3 is 10.0 Å². The molecule has 0 saturated carbocycles. The zero-order valence-corrected chi connectivity index (χ0v) is 12.4. The molecule has 104 valence electrons. The number of carboxylic acid groups (broad SMARTS) is 1. The zero-order valence-electron chi connectivity index (χ0n) is 11.6. The number of carbonyl (C=O) groups is 1. The van der Waals surface area contributed by atoms with Crippen LogP contribution in [0.5, 0.6) is 0 Å². The van der Waals surface area contributed by atoms with Gasteiger partial charge in [-0.3, -0.25) is 0 Å². The lowest BCUT2D eigenvalue weighted by molar-refractivity contribution is -0.131. The number of hydrogen-bond acceptors (Lipinski definition) is 4. The second-order valence-corrected chi connectivity index (χ2v) is 5.33. The van der Waals surface area contributed by atoms with Crippen molar-refractivity contribution < 1.29 is 9.90 Å². The van der Waals surface area contributed by atoms with Crippen LogP contribution in [0, 0.1) is 6.92 Å². The standard InChI is InChI=1S/C14H20N2O2S/c1-11-9-12(5-6-13(17)18)10-15-14(11)16(2)7-4-8-19-3/h5-6,9-10H,4,7-8H2,1-3H3,(H,17,18)/b6-5+. The summed E-state index contributed by atoms with van der Waals surface area (Å²) in [5.74, 6) is 1.15. The van der Waals surface area contributed by atoms with E-state index in [0.717, 1.165) is 41.7 Å². The molecule has 0 aliphatic carbocycles. The van der Waals surface area contributed by atoms with Gasteiger partial charge in [0.1, 0.15) is 5.82 Å². The molecule has 0 fully saturated rings. The molecule has 0 aliphatic heterocycles. The molecule has 0 spiro atoms. The Labute approximate surface area is 118 Å². The number of hydrogen-bond donors (Lipinski definition) is 1. The van der Waals surface area contributed by atoms with Gasteiger partial charge in [0.15, 0.2) is 0 Å². The average molecular weight is 280 g/mol. The maximum absolute atomic E-state index is 10.5. The normalized spacial score (nSPS) is 10.9. The number of thioether (sulfide) groups is 1. The third-order valence-corrected chi connectivity index (χ3v) is 3.39. The molecule has 4 nitrogen and oxygen atoms in total. The van der Waals surface area contributed by atoms with Crippen molar-refractivity contribution in [1.29, 1.82) is 0 Å². The molecule has 0 saturated heterocycles. The molecule has 19 heavy (non-hydrogen) atoms. The van der Waals surface area contributed by atoms with Gasteiger partial charge in [-0.25, -0.2) is 9.78 Å².